The maximum absolute atomic E-state index is 12.7. The van der Waals surface area contributed by atoms with E-state index >= 15 is 0 Å². The highest BCUT2D eigenvalue weighted by molar-refractivity contribution is 9.10. The molecule has 5 nitrogen and oxygen atoms in total. The van der Waals surface area contributed by atoms with E-state index in [-0.39, 0.29) is 11.8 Å². The first-order valence-electron chi connectivity index (χ1n) is 7.62. The van der Waals surface area contributed by atoms with E-state index in [9.17, 15) is 9.59 Å². The quantitative estimate of drug-likeness (QED) is 0.855. The molecule has 0 spiro atoms. The highest BCUT2D eigenvalue weighted by Gasteiger charge is 2.37. The summed E-state index contributed by atoms with van der Waals surface area (Å²) >= 11 is 3.41. The molecule has 124 valence electrons. The van der Waals surface area contributed by atoms with Crippen LogP contribution in [0.5, 0.6) is 5.75 Å². The predicted octanol–water partition coefficient (Wildman–Crippen LogP) is 3.05. The van der Waals surface area contributed by atoms with Gasteiger partial charge in [0.05, 0.1) is 6.54 Å². The van der Waals surface area contributed by atoms with E-state index in [1.807, 2.05) is 48.5 Å². The highest BCUT2D eigenvalue weighted by Crippen LogP contribution is 2.37. The smallest absolute Gasteiger partial charge is 0.254 e. The normalized spacial score (nSPS) is 16.0. The van der Waals surface area contributed by atoms with E-state index in [0.717, 1.165) is 21.5 Å². The lowest BCUT2D eigenvalue weighted by Gasteiger charge is -2.18. The Morgan fingerprint density at radius 3 is 2.71 bits per heavy atom. The van der Waals surface area contributed by atoms with Crippen molar-refractivity contribution >= 4 is 33.4 Å². The number of nitrogens with zero attached hydrogens (tertiary/aromatic N) is 1. The largest absolute Gasteiger partial charge is 0.492 e. The molecule has 1 aliphatic heterocycles. The molecule has 1 atom stereocenters. The molecule has 24 heavy (non-hydrogen) atoms. The first-order chi connectivity index (χ1) is 11.6. The molecule has 0 bridgehead atoms. The van der Waals surface area contributed by atoms with Crippen molar-refractivity contribution in [2.75, 3.05) is 18.1 Å². The summed E-state index contributed by atoms with van der Waals surface area (Å²) < 4.78 is 6.55. The van der Waals surface area contributed by atoms with Gasteiger partial charge in [0.25, 0.3) is 5.91 Å². The van der Waals surface area contributed by atoms with Gasteiger partial charge in [0.15, 0.2) is 0 Å². The van der Waals surface area contributed by atoms with Crippen molar-refractivity contribution in [3.63, 3.8) is 0 Å². The van der Waals surface area contributed by atoms with Crippen molar-refractivity contribution < 1.29 is 14.3 Å². The van der Waals surface area contributed by atoms with Gasteiger partial charge < -0.3 is 15.0 Å². The molecule has 2 aromatic carbocycles. The minimum absolute atomic E-state index is 0.144. The van der Waals surface area contributed by atoms with Gasteiger partial charge in [-0.3, -0.25) is 9.59 Å². The number of halogens is 1. The molecular formula is C18H17BrN2O3. The Bertz CT molecular complexity index is 764. The summed E-state index contributed by atoms with van der Waals surface area (Å²) in [7, 11) is 0. The van der Waals surface area contributed by atoms with Crippen molar-refractivity contribution in [1.29, 1.82) is 0 Å². The fourth-order valence-electron chi connectivity index (χ4n) is 2.75. The SMILES string of the molecule is CC(=O)N[C@H]1C(=O)N(CCOc2ccccc2)c2ccc(Br)cc21. The number of ether oxygens (including phenoxy) is 1. The minimum atomic E-state index is -0.647. The number of hydrogen-bond donors (Lipinski definition) is 1. The summed E-state index contributed by atoms with van der Waals surface area (Å²) in [5.41, 5.74) is 1.60. The Morgan fingerprint density at radius 1 is 1.25 bits per heavy atom. The molecular weight excluding hydrogens is 372 g/mol. The third-order valence-corrected chi connectivity index (χ3v) is 4.27. The van der Waals surface area contributed by atoms with Gasteiger partial charge in [0.2, 0.25) is 5.91 Å². The Hall–Kier alpha value is -2.34. The molecule has 3 rings (SSSR count). The number of carbonyl (C=O) groups is 2. The number of nitrogens with one attached hydrogen (secondary N) is 1. The second-order valence-corrected chi connectivity index (χ2v) is 6.40. The zero-order valence-electron chi connectivity index (χ0n) is 13.2. The van der Waals surface area contributed by atoms with Crippen molar-refractivity contribution in [2.24, 2.45) is 0 Å². The van der Waals surface area contributed by atoms with Crippen LogP contribution in [-0.4, -0.2) is 25.0 Å². The fraction of sp³-hybridized carbons (Fsp3) is 0.222. The van der Waals surface area contributed by atoms with E-state index in [1.165, 1.54) is 6.92 Å². The molecule has 0 saturated carbocycles. The average molecular weight is 389 g/mol. The number of carbonyl (C=O) groups excluding carboxylic acids is 2. The number of amides is 2. The molecule has 0 aromatic heterocycles. The van der Waals surface area contributed by atoms with Crippen LogP contribution in [0.1, 0.15) is 18.5 Å². The van der Waals surface area contributed by atoms with Gasteiger partial charge in [-0.05, 0) is 30.3 Å². The van der Waals surface area contributed by atoms with Crippen molar-refractivity contribution in [1.82, 2.24) is 5.32 Å². The Morgan fingerprint density at radius 2 is 2.00 bits per heavy atom. The number of rotatable bonds is 5. The van der Waals surface area contributed by atoms with Crippen LogP contribution in [0.4, 0.5) is 5.69 Å². The van der Waals surface area contributed by atoms with Crippen LogP contribution in [0.25, 0.3) is 0 Å². The Labute approximate surface area is 148 Å². The average Bonchev–Trinajstić information content (AvgIpc) is 2.80. The second kappa shape index (κ2) is 7.05. The van der Waals surface area contributed by atoms with E-state index < -0.39 is 6.04 Å². The topological polar surface area (TPSA) is 58.6 Å². The van der Waals surface area contributed by atoms with Crippen LogP contribution in [0, 0.1) is 0 Å². The standard InChI is InChI=1S/C18H17BrN2O3/c1-12(22)20-17-15-11-13(19)7-8-16(15)21(18(17)23)9-10-24-14-5-3-2-4-6-14/h2-8,11,17H,9-10H2,1H3,(H,20,22)/t17-/m1/s1. The van der Waals surface area contributed by atoms with Crippen LogP contribution in [0.2, 0.25) is 0 Å². The molecule has 0 fully saturated rings. The van der Waals surface area contributed by atoms with Crippen molar-refractivity contribution in [3.8, 4) is 5.75 Å². The van der Waals surface area contributed by atoms with Gasteiger partial charge in [0.1, 0.15) is 18.4 Å². The second-order valence-electron chi connectivity index (χ2n) is 5.49. The number of hydrogen-bond acceptors (Lipinski definition) is 3. The number of benzene rings is 2. The van der Waals surface area contributed by atoms with Crippen LogP contribution >= 0.6 is 15.9 Å². The zero-order valence-corrected chi connectivity index (χ0v) is 14.7. The molecule has 0 saturated heterocycles. The zero-order chi connectivity index (χ0) is 17.1. The molecule has 2 aromatic rings. The molecule has 2 amide bonds. The van der Waals surface area contributed by atoms with E-state index in [4.69, 9.17) is 4.74 Å². The Kier molecular flexibility index (Phi) is 4.85. The van der Waals surface area contributed by atoms with E-state index in [0.29, 0.717) is 13.2 Å². The van der Waals surface area contributed by atoms with Crippen LogP contribution in [0.3, 0.4) is 0 Å². The van der Waals surface area contributed by atoms with E-state index in [2.05, 4.69) is 21.2 Å². The first kappa shape index (κ1) is 16.5. The first-order valence-corrected chi connectivity index (χ1v) is 8.41. The summed E-state index contributed by atoms with van der Waals surface area (Å²) in [6.45, 7) is 2.20. The Balaban J connectivity index is 1.76. The van der Waals surface area contributed by atoms with Gasteiger partial charge >= 0.3 is 0 Å². The lowest BCUT2D eigenvalue weighted by atomic mass is 10.1. The van der Waals surface area contributed by atoms with Crippen molar-refractivity contribution in [3.05, 3.63) is 58.6 Å². The highest BCUT2D eigenvalue weighted by atomic mass is 79.9. The van der Waals surface area contributed by atoms with Crippen LogP contribution in [0.15, 0.2) is 53.0 Å². The summed E-state index contributed by atoms with van der Waals surface area (Å²) in [6, 6.07) is 14.4. The summed E-state index contributed by atoms with van der Waals surface area (Å²) in [5, 5.41) is 2.72. The number of anilines is 1. The molecule has 1 heterocycles. The lowest BCUT2D eigenvalue weighted by molar-refractivity contribution is -0.126. The van der Waals surface area contributed by atoms with Crippen molar-refractivity contribution in [2.45, 2.75) is 13.0 Å². The molecule has 1 aliphatic rings. The summed E-state index contributed by atoms with van der Waals surface area (Å²) in [5.74, 6) is 0.384. The van der Waals surface area contributed by atoms with Gasteiger partial charge in [-0.1, -0.05) is 34.1 Å². The molecule has 0 unspecified atom stereocenters. The van der Waals surface area contributed by atoms with Crippen LogP contribution < -0.4 is 15.0 Å². The maximum atomic E-state index is 12.7. The summed E-state index contributed by atoms with van der Waals surface area (Å²) in [4.78, 5) is 25.8. The molecule has 0 aliphatic carbocycles. The molecule has 1 N–H and O–H groups in total. The number of para-hydroxylation sites is 1. The van der Waals surface area contributed by atoms with Gasteiger partial charge in [-0.2, -0.15) is 0 Å². The van der Waals surface area contributed by atoms with Crippen LogP contribution in [-0.2, 0) is 9.59 Å². The van der Waals surface area contributed by atoms with E-state index in [1.54, 1.807) is 4.90 Å². The van der Waals surface area contributed by atoms with Gasteiger partial charge in [0, 0.05) is 22.6 Å². The monoisotopic (exact) mass is 388 g/mol. The van der Waals surface area contributed by atoms with Gasteiger partial charge in [-0.15, -0.1) is 0 Å². The predicted molar refractivity (Wildman–Crippen MR) is 95.0 cm³/mol. The van der Waals surface area contributed by atoms with Gasteiger partial charge in [-0.25, -0.2) is 0 Å². The minimum Gasteiger partial charge on any atom is -0.492 e. The maximum Gasteiger partial charge on any atom is 0.254 e. The third kappa shape index (κ3) is 3.43. The molecule has 0 radical (unpaired) electrons. The fourth-order valence-corrected chi connectivity index (χ4v) is 3.13. The lowest BCUT2D eigenvalue weighted by Crippen LogP contribution is -2.38. The molecule has 6 heteroatoms. The number of fused-ring (bicyclic) bond motifs is 1. The summed E-state index contributed by atoms with van der Waals surface area (Å²) in [6.07, 6.45) is 0. The third-order valence-electron chi connectivity index (χ3n) is 3.78.